The number of thioether (sulfide) groups is 1. The summed E-state index contributed by atoms with van der Waals surface area (Å²) in [5.74, 6) is -2.48. The minimum Gasteiger partial charge on any atom is -0.481 e. The first-order chi connectivity index (χ1) is 31.3. The molecule has 0 aromatic rings. The van der Waals surface area contributed by atoms with E-state index in [0.717, 1.165) is 70.6 Å². The molecule has 374 valence electrons. The lowest BCUT2D eigenvalue weighted by atomic mass is 10.1. The maximum absolute atomic E-state index is 13.2. The van der Waals surface area contributed by atoms with Crippen molar-refractivity contribution in [2.24, 2.45) is 5.73 Å². The standard InChI is InChI=1S/C49H84NO13PS/c1-3-5-7-9-11-13-15-17-18-19-20-21-23-25-27-29-31-36-48(56)60-39-43(40-62-64(58,59)61-38-42(52)37-51)63-49(57)44(50)41-65-46(45(53)33-32-35-47(54)55)34-30-28-26-24-22-16-14-12-10-8-6-4-2/h11-14,17-18,22,24,26,28,30,34,42-46,51-53H,3-10,15-16,19-21,23,25,27,29,31-33,35-41,50H2,1-2H3,(H,54,55)(H,58,59)/b13-11-,14-12-,18-17-,24-22-,28-26+,34-30+/t42-,43+,44-,45-,46+/m0/s1. The van der Waals surface area contributed by atoms with Crippen molar-refractivity contribution in [3.63, 3.8) is 0 Å². The topological polar surface area (TPSA) is 232 Å². The van der Waals surface area contributed by atoms with Gasteiger partial charge in [-0.05, 0) is 70.6 Å². The zero-order valence-electron chi connectivity index (χ0n) is 39.3. The number of carboxylic acids is 1. The molecule has 0 aliphatic rings. The van der Waals surface area contributed by atoms with E-state index in [9.17, 15) is 34.1 Å². The summed E-state index contributed by atoms with van der Waals surface area (Å²) < 4.78 is 32.9. The average Bonchev–Trinajstić information content (AvgIpc) is 3.28. The number of unbranched alkanes of at least 4 members (excludes halogenated alkanes) is 13. The second-order valence-electron chi connectivity index (χ2n) is 16.0. The highest BCUT2D eigenvalue weighted by Gasteiger charge is 2.29. The van der Waals surface area contributed by atoms with Crippen LogP contribution in [0.3, 0.4) is 0 Å². The number of esters is 2. The number of hydrogen-bond acceptors (Lipinski definition) is 13. The molecule has 65 heavy (non-hydrogen) atoms. The summed E-state index contributed by atoms with van der Waals surface area (Å²) in [4.78, 5) is 46.9. The van der Waals surface area contributed by atoms with Gasteiger partial charge in [-0.25, -0.2) is 4.57 Å². The van der Waals surface area contributed by atoms with Crippen molar-refractivity contribution in [3.05, 3.63) is 72.9 Å². The highest BCUT2D eigenvalue weighted by atomic mass is 32.2. The van der Waals surface area contributed by atoms with Gasteiger partial charge in [0.15, 0.2) is 6.10 Å². The largest absolute Gasteiger partial charge is 0.481 e. The van der Waals surface area contributed by atoms with Crippen LogP contribution in [0.4, 0.5) is 0 Å². The zero-order chi connectivity index (χ0) is 48.2. The molecule has 6 atom stereocenters. The first-order valence-corrected chi connectivity index (χ1v) is 26.4. The van der Waals surface area contributed by atoms with E-state index < -0.39 is 81.8 Å². The third-order valence-electron chi connectivity index (χ3n) is 9.83. The molecule has 0 bridgehead atoms. The first-order valence-electron chi connectivity index (χ1n) is 23.8. The molecule has 0 radical (unpaired) electrons. The minimum atomic E-state index is -4.79. The number of carbonyl (C=O) groups is 3. The third kappa shape index (κ3) is 41.1. The van der Waals surface area contributed by atoms with E-state index in [1.807, 2.05) is 18.2 Å². The Balaban J connectivity index is 5.16. The summed E-state index contributed by atoms with van der Waals surface area (Å²) in [6.07, 6.45) is 40.5. The average molecular weight is 958 g/mol. The number of aliphatic hydroxyl groups excluding tert-OH is 3. The number of aliphatic carboxylic acids is 1. The van der Waals surface area contributed by atoms with Crippen LogP contribution in [0, 0.1) is 0 Å². The second-order valence-corrected chi connectivity index (χ2v) is 18.6. The van der Waals surface area contributed by atoms with Gasteiger partial charge in [0.1, 0.15) is 18.8 Å². The Kier molecular flexibility index (Phi) is 41.8. The Morgan fingerprint density at radius 3 is 1.83 bits per heavy atom. The molecule has 7 N–H and O–H groups in total. The lowest BCUT2D eigenvalue weighted by Crippen LogP contribution is -2.40. The number of aliphatic hydroxyl groups is 3. The van der Waals surface area contributed by atoms with Crippen LogP contribution in [-0.2, 0) is 37.5 Å². The highest BCUT2D eigenvalue weighted by Crippen LogP contribution is 2.43. The Bertz CT molecular complexity index is 1440. The Labute approximate surface area is 394 Å². The zero-order valence-corrected chi connectivity index (χ0v) is 41.1. The van der Waals surface area contributed by atoms with Gasteiger partial charge in [0.25, 0.3) is 0 Å². The van der Waals surface area contributed by atoms with Crippen molar-refractivity contribution >= 4 is 37.5 Å². The molecule has 0 aliphatic heterocycles. The number of phosphoric acid groups is 1. The molecule has 0 spiro atoms. The summed E-state index contributed by atoms with van der Waals surface area (Å²) in [5, 5.41) is 37.9. The van der Waals surface area contributed by atoms with Crippen LogP contribution in [0.2, 0.25) is 0 Å². The summed E-state index contributed by atoms with van der Waals surface area (Å²) in [6.45, 7) is 1.73. The smallest absolute Gasteiger partial charge is 0.472 e. The molecule has 0 saturated heterocycles. The lowest BCUT2D eigenvalue weighted by molar-refractivity contribution is -0.161. The number of carboxylic acid groups (broad SMARTS) is 1. The maximum Gasteiger partial charge on any atom is 0.472 e. The number of carbonyl (C=O) groups excluding carboxylic acids is 2. The van der Waals surface area contributed by atoms with Crippen LogP contribution in [0.15, 0.2) is 72.9 Å². The van der Waals surface area contributed by atoms with Crippen molar-refractivity contribution in [1.82, 2.24) is 0 Å². The summed E-state index contributed by atoms with van der Waals surface area (Å²) >= 11 is 1.17. The Hall–Kier alpha value is -2.85. The molecule has 14 nitrogen and oxygen atoms in total. The molecule has 0 fully saturated rings. The molecule has 0 amide bonds. The fraction of sp³-hybridized carbons (Fsp3) is 0.694. The summed E-state index contributed by atoms with van der Waals surface area (Å²) in [7, 11) is -4.79. The summed E-state index contributed by atoms with van der Waals surface area (Å²) in [5.41, 5.74) is 6.19. The van der Waals surface area contributed by atoms with Crippen molar-refractivity contribution < 1.29 is 62.8 Å². The molecule has 1 unspecified atom stereocenters. The fourth-order valence-corrected chi connectivity index (χ4v) is 7.89. The van der Waals surface area contributed by atoms with Crippen LogP contribution in [-0.4, -0.2) is 105 Å². The van der Waals surface area contributed by atoms with Gasteiger partial charge < -0.3 is 40.5 Å². The normalized spacial score (nSPS) is 15.7. The molecular formula is C49H84NO13PS. The summed E-state index contributed by atoms with van der Waals surface area (Å²) in [6, 6.07) is -1.24. The predicted octanol–water partition coefficient (Wildman–Crippen LogP) is 9.76. The number of nitrogens with two attached hydrogens (primary N) is 1. The monoisotopic (exact) mass is 958 g/mol. The number of rotatable bonds is 44. The third-order valence-corrected chi connectivity index (χ3v) is 12.2. The minimum absolute atomic E-state index is 0.0276. The molecular weight excluding hydrogens is 874 g/mol. The lowest BCUT2D eigenvalue weighted by Gasteiger charge is -2.23. The van der Waals surface area contributed by atoms with Gasteiger partial charge in [-0.2, -0.15) is 0 Å². The van der Waals surface area contributed by atoms with Crippen LogP contribution < -0.4 is 5.73 Å². The van der Waals surface area contributed by atoms with E-state index in [4.69, 9.17) is 29.9 Å². The van der Waals surface area contributed by atoms with Crippen LogP contribution in [0.1, 0.15) is 155 Å². The Morgan fingerprint density at radius 1 is 0.677 bits per heavy atom. The van der Waals surface area contributed by atoms with E-state index in [2.05, 4.69) is 54.8 Å². The van der Waals surface area contributed by atoms with Crippen molar-refractivity contribution in [2.45, 2.75) is 185 Å². The van der Waals surface area contributed by atoms with E-state index in [-0.39, 0.29) is 31.4 Å². The van der Waals surface area contributed by atoms with Gasteiger partial charge >= 0.3 is 25.7 Å². The maximum atomic E-state index is 13.2. The fourth-order valence-electron chi connectivity index (χ4n) is 5.98. The van der Waals surface area contributed by atoms with Crippen LogP contribution in [0.25, 0.3) is 0 Å². The molecule has 0 saturated carbocycles. The number of ether oxygens (including phenoxy) is 2. The van der Waals surface area contributed by atoms with Gasteiger partial charge in [-0.15, -0.1) is 11.8 Å². The van der Waals surface area contributed by atoms with Gasteiger partial charge in [0, 0.05) is 23.8 Å². The van der Waals surface area contributed by atoms with Crippen molar-refractivity contribution in [1.29, 1.82) is 0 Å². The highest BCUT2D eigenvalue weighted by molar-refractivity contribution is 8.00. The molecule has 0 heterocycles. The van der Waals surface area contributed by atoms with Gasteiger partial charge in [0.2, 0.25) is 0 Å². The van der Waals surface area contributed by atoms with Crippen LogP contribution in [0.5, 0.6) is 0 Å². The van der Waals surface area contributed by atoms with Crippen molar-refractivity contribution in [3.8, 4) is 0 Å². The number of hydrogen-bond donors (Lipinski definition) is 6. The van der Waals surface area contributed by atoms with Gasteiger partial charge in [-0.1, -0.05) is 145 Å². The van der Waals surface area contributed by atoms with E-state index >= 15 is 0 Å². The first kappa shape index (κ1) is 62.1. The van der Waals surface area contributed by atoms with Crippen LogP contribution >= 0.6 is 19.6 Å². The molecule has 16 heteroatoms. The predicted molar refractivity (Wildman–Crippen MR) is 261 cm³/mol. The second kappa shape index (κ2) is 43.7. The van der Waals surface area contributed by atoms with E-state index in [0.29, 0.717) is 6.42 Å². The number of allylic oxidation sites excluding steroid dienone is 11. The number of phosphoric ester groups is 1. The SMILES string of the molecule is CCCCC/C=C\C\C=C/C=C/C=C/[C@@H](SC[C@H](N)C(=O)O[C@H](COC(=O)CCCCCCCCC/C=C\C/C=C\CCCCC)COP(=O)(O)OC[C@@H](O)CO)[C@@H](O)CCCC(=O)O. The van der Waals surface area contributed by atoms with Gasteiger partial charge in [0.05, 0.1) is 25.9 Å². The van der Waals surface area contributed by atoms with E-state index in [1.165, 1.54) is 50.3 Å². The van der Waals surface area contributed by atoms with E-state index in [1.54, 1.807) is 18.2 Å². The molecule has 0 rings (SSSR count). The Morgan fingerprint density at radius 2 is 1.23 bits per heavy atom. The molecule has 0 aromatic carbocycles. The van der Waals surface area contributed by atoms with Crippen molar-refractivity contribution in [2.75, 3.05) is 32.2 Å². The quantitative estimate of drug-likeness (QED) is 0.0110. The molecule has 0 aliphatic carbocycles. The molecule has 0 aromatic heterocycles. The van der Waals surface area contributed by atoms with Gasteiger partial charge in [-0.3, -0.25) is 23.4 Å².